The molecule has 0 spiro atoms. The van der Waals surface area contributed by atoms with Crippen LogP contribution >= 0.6 is 0 Å². The van der Waals surface area contributed by atoms with Gasteiger partial charge in [0.15, 0.2) is 0 Å². The predicted octanol–water partition coefficient (Wildman–Crippen LogP) is 7.30. The number of rotatable bonds is 3. The largest absolute Gasteiger partial charge is 0.0622 e. The van der Waals surface area contributed by atoms with E-state index >= 15 is 0 Å². The fourth-order valence-corrected chi connectivity index (χ4v) is 3.59. The maximum Gasteiger partial charge on any atom is -0.00672 e. The van der Waals surface area contributed by atoms with E-state index in [1.807, 2.05) is 0 Å². The quantitative estimate of drug-likeness (QED) is 0.368. The molecule has 0 aliphatic carbocycles. The second kappa shape index (κ2) is 7.01. The normalized spacial score (nSPS) is 10.7. The van der Waals surface area contributed by atoms with Gasteiger partial charge in [-0.1, -0.05) is 97.1 Å². The van der Waals surface area contributed by atoms with E-state index in [9.17, 15) is 0 Å². The number of benzene rings is 4. The molecule has 0 heterocycles. The zero-order valence-corrected chi connectivity index (χ0v) is 15.2. The molecule has 0 unspecified atom stereocenters. The maximum absolute atomic E-state index is 2.26. The molecule has 0 saturated heterocycles. The Morgan fingerprint density at radius 1 is 0.423 bits per heavy atom. The predicted molar refractivity (Wildman–Crippen MR) is 112 cm³/mol. The molecule has 26 heavy (non-hydrogen) atoms. The van der Waals surface area contributed by atoms with E-state index in [1.54, 1.807) is 0 Å². The molecule has 0 aliphatic heterocycles. The van der Waals surface area contributed by atoms with Crippen molar-refractivity contribution in [2.24, 2.45) is 0 Å². The lowest BCUT2D eigenvalue weighted by molar-refractivity contribution is 1.34. The molecular weight excluding hydrogens is 312 g/mol. The Hall–Kier alpha value is -3.12. The molecule has 4 aromatic carbocycles. The van der Waals surface area contributed by atoms with Gasteiger partial charge in [-0.2, -0.15) is 0 Å². The molecule has 0 aromatic heterocycles. The van der Waals surface area contributed by atoms with Crippen molar-refractivity contribution in [2.75, 3.05) is 0 Å². The minimum atomic E-state index is 1.25. The zero-order valence-electron chi connectivity index (χ0n) is 15.2. The first kappa shape index (κ1) is 16.4. The second-order valence-electron chi connectivity index (χ2n) is 6.71. The molecule has 0 amide bonds. The topological polar surface area (TPSA) is 0 Å². The van der Waals surface area contributed by atoms with E-state index in [1.165, 1.54) is 44.5 Å². The summed E-state index contributed by atoms with van der Waals surface area (Å²) in [5.74, 6) is 0. The first-order valence-corrected chi connectivity index (χ1v) is 9.06. The summed E-state index contributed by atoms with van der Waals surface area (Å²) in [6.45, 7) is 4.43. The lowest BCUT2D eigenvalue weighted by Crippen LogP contribution is -1.94. The fraction of sp³-hybridized carbons (Fsp3) is 0.0769. The fourth-order valence-electron chi connectivity index (χ4n) is 3.59. The first-order chi connectivity index (χ1) is 12.8. The van der Waals surface area contributed by atoms with Gasteiger partial charge in [-0.25, -0.2) is 0 Å². The van der Waals surface area contributed by atoms with Crippen LogP contribution in [0.25, 0.3) is 33.4 Å². The second-order valence-corrected chi connectivity index (χ2v) is 6.71. The summed E-state index contributed by atoms with van der Waals surface area (Å²) in [7, 11) is 0. The summed E-state index contributed by atoms with van der Waals surface area (Å²) in [4.78, 5) is 0. The van der Waals surface area contributed by atoms with Crippen LogP contribution in [0.3, 0.4) is 0 Å². The highest BCUT2D eigenvalue weighted by atomic mass is 14.2. The van der Waals surface area contributed by atoms with Crippen LogP contribution < -0.4 is 0 Å². The smallest absolute Gasteiger partial charge is 0.00672 e. The van der Waals surface area contributed by atoms with Gasteiger partial charge in [0.05, 0.1) is 0 Å². The van der Waals surface area contributed by atoms with Crippen molar-refractivity contribution in [3.05, 3.63) is 108 Å². The number of hydrogen-bond acceptors (Lipinski definition) is 0. The monoisotopic (exact) mass is 334 g/mol. The molecule has 0 heteroatoms. The van der Waals surface area contributed by atoms with Gasteiger partial charge in [-0.15, -0.1) is 0 Å². The van der Waals surface area contributed by atoms with Crippen molar-refractivity contribution in [1.82, 2.24) is 0 Å². The molecule has 0 N–H and O–H groups in total. The third kappa shape index (κ3) is 2.95. The van der Waals surface area contributed by atoms with E-state index in [-0.39, 0.29) is 0 Å². The molecule has 4 aromatic rings. The van der Waals surface area contributed by atoms with Crippen molar-refractivity contribution in [3.8, 4) is 33.4 Å². The third-order valence-corrected chi connectivity index (χ3v) is 5.10. The highest BCUT2D eigenvalue weighted by molar-refractivity contribution is 5.93. The van der Waals surface area contributed by atoms with Gasteiger partial charge in [-0.3, -0.25) is 0 Å². The number of hydrogen-bond donors (Lipinski definition) is 0. The lowest BCUT2D eigenvalue weighted by Gasteiger charge is -2.19. The average Bonchev–Trinajstić information content (AvgIpc) is 2.71. The maximum atomic E-state index is 2.26. The van der Waals surface area contributed by atoms with E-state index in [0.29, 0.717) is 0 Å². The Morgan fingerprint density at radius 3 is 1.54 bits per heavy atom. The lowest BCUT2D eigenvalue weighted by atomic mass is 9.85. The number of aryl methyl sites for hydroxylation is 1. The molecule has 0 fully saturated rings. The van der Waals surface area contributed by atoms with Crippen molar-refractivity contribution in [2.45, 2.75) is 13.8 Å². The van der Waals surface area contributed by atoms with E-state index in [2.05, 4.69) is 111 Å². The minimum absolute atomic E-state index is 1.25. The molecule has 0 bridgehead atoms. The summed E-state index contributed by atoms with van der Waals surface area (Å²) in [5.41, 5.74) is 10.4. The van der Waals surface area contributed by atoms with Crippen LogP contribution in [0.2, 0.25) is 0 Å². The summed E-state index contributed by atoms with van der Waals surface area (Å²) in [6.07, 6.45) is 0. The van der Waals surface area contributed by atoms with Crippen LogP contribution in [0.15, 0.2) is 97.1 Å². The van der Waals surface area contributed by atoms with Crippen LogP contribution in [-0.2, 0) is 0 Å². The van der Waals surface area contributed by atoms with Crippen LogP contribution in [0, 0.1) is 13.8 Å². The molecule has 0 aliphatic rings. The molecule has 0 nitrogen and oxygen atoms in total. The van der Waals surface area contributed by atoms with Crippen molar-refractivity contribution < 1.29 is 0 Å². The van der Waals surface area contributed by atoms with Crippen LogP contribution in [-0.4, -0.2) is 0 Å². The van der Waals surface area contributed by atoms with Crippen molar-refractivity contribution in [3.63, 3.8) is 0 Å². The van der Waals surface area contributed by atoms with Crippen molar-refractivity contribution in [1.29, 1.82) is 0 Å². The van der Waals surface area contributed by atoms with Crippen LogP contribution in [0.5, 0.6) is 0 Å². The summed E-state index contributed by atoms with van der Waals surface area (Å²) < 4.78 is 0. The Labute approximate surface area is 155 Å². The van der Waals surface area contributed by atoms with E-state index in [4.69, 9.17) is 0 Å². The van der Waals surface area contributed by atoms with Gasteiger partial charge in [-0.05, 0) is 58.4 Å². The molecule has 0 saturated carbocycles. The van der Waals surface area contributed by atoms with Gasteiger partial charge in [0.2, 0.25) is 0 Å². The zero-order chi connectivity index (χ0) is 17.9. The molecule has 4 rings (SSSR count). The Morgan fingerprint density at radius 2 is 0.923 bits per heavy atom. The van der Waals surface area contributed by atoms with E-state index in [0.717, 1.165) is 0 Å². The van der Waals surface area contributed by atoms with Gasteiger partial charge in [0.1, 0.15) is 0 Å². The van der Waals surface area contributed by atoms with Crippen LogP contribution in [0.1, 0.15) is 11.1 Å². The highest BCUT2D eigenvalue weighted by Gasteiger charge is 2.15. The summed E-state index contributed by atoms with van der Waals surface area (Å²) in [6, 6.07) is 34.5. The van der Waals surface area contributed by atoms with Gasteiger partial charge in [0.25, 0.3) is 0 Å². The summed E-state index contributed by atoms with van der Waals surface area (Å²) >= 11 is 0. The molecular formula is C26H22. The van der Waals surface area contributed by atoms with Gasteiger partial charge >= 0.3 is 0 Å². The molecule has 126 valence electrons. The summed E-state index contributed by atoms with van der Waals surface area (Å²) in [5, 5.41) is 0. The Bertz CT molecular complexity index is 1030. The molecule has 0 atom stereocenters. The van der Waals surface area contributed by atoms with Crippen LogP contribution in [0.4, 0.5) is 0 Å². The highest BCUT2D eigenvalue weighted by Crippen LogP contribution is 2.40. The van der Waals surface area contributed by atoms with Gasteiger partial charge in [0, 0.05) is 0 Å². The average molecular weight is 334 g/mol. The third-order valence-electron chi connectivity index (χ3n) is 5.10. The van der Waals surface area contributed by atoms with E-state index < -0.39 is 0 Å². The standard InChI is InChI=1S/C26H22/c1-19-17-18-24(22-13-7-4-8-14-22)26(20(19)2)25-16-10-9-15-23(25)21-11-5-3-6-12-21/h3-18H,1-2H3. The molecule has 0 radical (unpaired) electrons. The van der Waals surface area contributed by atoms with Gasteiger partial charge < -0.3 is 0 Å². The Balaban J connectivity index is 2.02. The Kier molecular flexibility index (Phi) is 4.41. The SMILES string of the molecule is Cc1ccc(-c2ccccc2)c(-c2ccccc2-c2ccccc2)c1C. The first-order valence-electron chi connectivity index (χ1n) is 9.06. The minimum Gasteiger partial charge on any atom is -0.0622 e. The van der Waals surface area contributed by atoms with Crippen molar-refractivity contribution >= 4 is 0 Å².